The zero-order chi connectivity index (χ0) is 15.7. The van der Waals surface area contributed by atoms with E-state index in [0.29, 0.717) is 0 Å². The van der Waals surface area contributed by atoms with E-state index in [0.717, 1.165) is 31.6 Å². The summed E-state index contributed by atoms with van der Waals surface area (Å²) in [5, 5.41) is 0. The number of nitrogens with zero attached hydrogens (tertiary/aromatic N) is 1. The van der Waals surface area contributed by atoms with Gasteiger partial charge < -0.3 is 5.73 Å². The van der Waals surface area contributed by atoms with E-state index < -0.39 is 5.51 Å². The molecule has 6 heteroatoms. The van der Waals surface area contributed by atoms with Gasteiger partial charge in [-0.15, -0.1) is 0 Å². The van der Waals surface area contributed by atoms with Gasteiger partial charge >= 0.3 is 5.51 Å². The Balaban J connectivity index is 1.95. The molecule has 2 rings (SSSR count). The number of benzene rings is 1. The molecule has 118 valence electrons. The molecular weight excluding hydrogens is 297 g/mol. The number of nitrogens with two attached hydrogens (primary N) is 1. The molecule has 1 heterocycles. The van der Waals surface area contributed by atoms with Crippen LogP contribution in [0.3, 0.4) is 0 Å². The van der Waals surface area contributed by atoms with Gasteiger partial charge in [-0.2, -0.15) is 13.2 Å². The van der Waals surface area contributed by atoms with E-state index in [9.17, 15) is 13.2 Å². The predicted molar refractivity (Wildman–Crippen MR) is 80.0 cm³/mol. The number of halogens is 3. The Kier molecular flexibility index (Phi) is 4.90. The molecule has 21 heavy (non-hydrogen) atoms. The first-order valence-corrected chi connectivity index (χ1v) is 7.80. The maximum atomic E-state index is 12.3. The van der Waals surface area contributed by atoms with Crippen LogP contribution < -0.4 is 5.73 Å². The minimum absolute atomic E-state index is 0.0737. The topological polar surface area (TPSA) is 29.3 Å². The molecule has 0 saturated carbocycles. The molecule has 1 aromatic rings. The number of piperidine rings is 1. The van der Waals surface area contributed by atoms with Gasteiger partial charge in [0.25, 0.3) is 0 Å². The number of thioether (sulfide) groups is 1. The molecule has 1 fully saturated rings. The minimum atomic E-state index is -4.23. The summed E-state index contributed by atoms with van der Waals surface area (Å²) in [5.41, 5.74) is 2.99. The zero-order valence-electron chi connectivity index (χ0n) is 12.3. The summed E-state index contributed by atoms with van der Waals surface area (Å²) in [6.07, 6.45) is 0.953. The van der Waals surface area contributed by atoms with Gasteiger partial charge in [0.1, 0.15) is 0 Å². The fraction of sp³-hybridized carbons (Fsp3) is 0.600. The number of hydrogen-bond acceptors (Lipinski definition) is 3. The highest BCUT2D eigenvalue weighted by atomic mass is 32.2. The fourth-order valence-corrected chi connectivity index (χ4v) is 3.21. The van der Waals surface area contributed by atoms with Crippen LogP contribution in [0, 0.1) is 5.41 Å². The highest BCUT2D eigenvalue weighted by Gasteiger charge is 2.33. The molecule has 0 aromatic heterocycles. The average Bonchev–Trinajstić information content (AvgIpc) is 2.34. The van der Waals surface area contributed by atoms with Crippen LogP contribution in [0.2, 0.25) is 0 Å². The Morgan fingerprint density at radius 3 is 2.43 bits per heavy atom. The van der Waals surface area contributed by atoms with E-state index in [1.165, 1.54) is 12.1 Å². The monoisotopic (exact) mass is 318 g/mol. The van der Waals surface area contributed by atoms with Crippen molar-refractivity contribution in [2.24, 2.45) is 11.1 Å². The molecule has 1 aliphatic heterocycles. The molecule has 1 aromatic carbocycles. The van der Waals surface area contributed by atoms with Crippen molar-refractivity contribution in [2.75, 3.05) is 13.1 Å². The number of rotatable bonds is 3. The SMILES string of the molecule is CC1(C)CN(Cc2ccc(SC(F)(F)F)cc2)CCC1N. The number of alkyl halides is 3. The molecule has 1 aliphatic rings. The van der Waals surface area contributed by atoms with E-state index in [1.807, 2.05) is 0 Å². The third-order valence-electron chi connectivity index (χ3n) is 3.95. The third-order valence-corrected chi connectivity index (χ3v) is 4.69. The maximum Gasteiger partial charge on any atom is 0.446 e. The van der Waals surface area contributed by atoms with Gasteiger partial charge in [0, 0.05) is 30.6 Å². The first-order chi connectivity index (χ1) is 9.66. The maximum absolute atomic E-state index is 12.3. The Hall–Kier alpha value is -0.720. The summed E-state index contributed by atoms with van der Waals surface area (Å²) in [4.78, 5) is 2.54. The summed E-state index contributed by atoms with van der Waals surface area (Å²) in [6, 6.07) is 6.83. The van der Waals surface area contributed by atoms with E-state index in [-0.39, 0.29) is 28.1 Å². The third kappa shape index (κ3) is 4.90. The van der Waals surface area contributed by atoms with E-state index in [2.05, 4.69) is 18.7 Å². The van der Waals surface area contributed by atoms with Gasteiger partial charge in [0.15, 0.2) is 0 Å². The van der Waals surface area contributed by atoms with Crippen molar-refractivity contribution in [3.63, 3.8) is 0 Å². The van der Waals surface area contributed by atoms with Crippen molar-refractivity contribution < 1.29 is 13.2 Å². The van der Waals surface area contributed by atoms with Crippen LogP contribution in [-0.2, 0) is 6.54 Å². The summed E-state index contributed by atoms with van der Waals surface area (Å²) in [5.74, 6) is 0. The van der Waals surface area contributed by atoms with Crippen LogP contribution in [0.1, 0.15) is 25.8 Å². The highest BCUT2D eigenvalue weighted by Crippen LogP contribution is 2.37. The van der Waals surface area contributed by atoms with Gasteiger partial charge in [-0.1, -0.05) is 26.0 Å². The zero-order valence-corrected chi connectivity index (χ0v) is 13.1. The van der Waals surface area contributed by atoms with Crippen LogP contribution in [0.15, 0.2) is 29.2 Å². The van der Waals surface area contributed by atoms with Crippen molar-refractivity contribution in [1.82, 2.24) is 4.90 Å². The van der Waals surface area contributed by atoms with Gasteiger partial charge in [-0.05, 0) is 41.3 Å². The second-order valence-corrected chi connectivity index (χ2v) is 7.42. The summed E-state index contributed by atoms with van der Waals surface area (Å²) >= 11 is -0.0746. The van der Waals surface area contributed by atoms with Crippen LogP contribution in [-0.4, -0.2) is 29.5 Å². The standard InChI is InChI=1S/C15H21F3N2S/c1-14(2)10-20(8-7-13(14)19)9-11-3-5-12(6-4-11)21-15(16,17)18/h3-6,13H,7-10,19H2,1-2H3. The van der Waals surface area contributed by atoms with E-state index in [4.69, 9.17) is 5.73 Å². The molecule has 2 N–H and O–H groups in total. The van der Waals surface area contributed by atoms with Crippen LogP contribution in [0.5, 0.6) is 0 Å². The van der Waals surface area contributed by atoms with Crippen LogP contribution >= 0.6 is 11.8 Å². The first-order valence-electron chi connectivity index (χ1n) is 6.98. The van der Waals surface area contributed by atoms with Crippen molar-refractivity contribution in [1.29, 1.82) is 0 Å². The van der Waals surface area contributed by atoms with Crippen molar-refractivity contribution >= 4 is 11.8 Å². The van der Waals surface area contributed by atoms with Gasteiger partial charge in [-0.25, -0.2) is 0 Å². The van der Waals surface area contributed by atoms with Gasteiger partial charge in [0.2, 0.25) is 0 Å². The lowest BCUT2D eigenvalue weighted by Crippen LogP contribution is -2.52. The molecule has 0 spiro atoms. The van der Waals surface area contributed by atoms with Crippen LogP contribution in [0.25, 0.3) is 0 Å². The summed E-state index contributed by atoms with van der Waals surface area (Å²) in [6.45, 7) is 6.92. The Labute approximate surface area is 127 Å². The van der Waals surface area contributed by atoms with Crippen LogP contribution in [0.4, 0.5) is 13.2 Å². The largest absolute Gasteiger partial charge is 0.446 e. The Morgan fingerprint density at radius 1 is 1.29 bits per heavy atom. The molecule has 0 aliphatic carbocycles. The minimum Gasteiger partial charge on any atom is -0.327 e. The molecule has 0 radical (unpaired) electrons. The van der Waals surface area contributed by atoms with E-state index >= 15 is 0 Å². The molecule has 1 atom stereocenters. The lowest BCUT2D eigenvalue weighted by Gasteiger charge is -2.42. The molecule has 1 unspecified atom stereocenters. The van der Waals surface area contributed by atoms with Crippen molar-refractivity contribution in [3.05, 3.63) is 29.8 Å². The molecule has 0 amide bonds. The summed E-state index contributed by atoms with van der Waals surface area (Å²) in [7, 11) is 0. The molecule has 2 nitrogen and oxygen atoms in total. The van der Waals surface area contributed by atoms with Gasteiger partial charge in [0.05, 0.1) is 0 Å². The van der Waals surface area contributed by atoms with Crippen molar-refractivity contribution in [3.8, 4) is 0 Å². The fourth-order valence-electron chi connectivity index (χ4n) is 2.67. The predicted octanol–water partition coefficient (Wildman–Crippen LogP) is 3.86. The molecular formula is C15H21F3N2S. The number of hydrogen-bond donors (Lipinski definition) is 1. The van der Waals surface area contributed by atoms with Crippen molar-refractivity contribution in [2.45, 2.75) is 43.3 Å². The Bertz CT molecular complexity index is 471. The molecule has 1 saturated heterocycles. The second-order valence-electron chi connectivity index (χ2n) is 6.29. The molecule has 0 bridgehead atoms. The number of likely N-dealkylation sites (tertiary alicyclic amines) is 1. The second kappa shape index (κ2) is 6.18. The smallest absolute Gasteiger partial charge is 0.327 e. The normalized spacial score (nSPS) is 23.2. The summed E-state index contributed by atoms with van der Waals surface area (Å²) < 4.78 is 36.8. The lowest BCUT2D eigenvalue weighted by atomic mass is 9.79. The van der Waals surface area contributed by atoms with Gasteiger partial charge in [-0.3, -0.25) is 4.90 Å². The quantitative estimate of drug-likeness (QED) is 0.858. The van der Waals surface area contributed by atoms with E-state index in [1.54, 1.807) is 12.1 Å². The lowest BCUT2D eigenvalue weighted by molar-refractivity contribution is -0.0328. The highest BCUT2D eigenvalue weighted by molar-refractivity contribution is 8.00. The first kappa shape index (κ1) is 16.6. The average molecular weight is 318 g/mol. The Morgan fingerprint density at radius 2 is 1.90 bits per heavy atom.